The SMILES string of the molecule is O=C(O)c1ccc2nc(CN3CCC(Cc4ccc(COc5ccc(Cl)cc5Cl)o4)CC3)n(C[C@@H]3CCO3)c2c1. The van der Waals surface area contributed by atoms with Crippen LogP contribution in [-0.4, -0.2) is 51.3 Å². The number of rotatable bonds is 10. The fourth-order valence-corrected chi connectivity index (χ4v) is 5.91. The first-order valence-corrected chi connectivity index (χ1v) is 14.4. The molecule has 0 spiro atoms. The average molecular weight is 585 g/mol. The highest BCUT2D eigenvalue weighted by molar-refractivity contribution is 6.35. The molecule has 0 saturated carbocycles. The summed E-state index contributed by atoms with van der Waals surface area (Å²) in [6.07, 6.45) is 4.20. The number of likely N-dealkylation sites (tertiary alicyclic amines) is 1. The van der Waals surface area contributed by atoms with E-state index in [9.17, 15) is 9.90 Å². The van der Waals surface area contributed by atoms with Gasteiger partial charge in [-0.25, -0.2) is 9.78 Å². The fraction of sp³-hybridized carbons (Fsp3) is 0.400. The lowest BCUT2D eigenvalue weighted by Gasteiger charge is -2.32. The van der Waals surface area contributed by atoms with Crippen molar-refractivity contribution >= 4 is 40.2 Å². The van der Waals surface area contributed by atoms with Gasteiger partial charge in [0.05, 0.1) is 40.8 Å². The second-order valence-electron chi connectivity index (χ2n) is 10.6. The number of carbonyl (C=O) groups is 1. The number of halogens is 2. The van der Waals surface area contributed by atoms with Crippen LogP contribution in [0.5, 0.6) is 5.75 Å². The van der Waals surface area contributed by atoms with E-state index in [1.807, 2.05) is 12.1 Å². The summed E-state index contributed by atoms with van der Waals surface area (Å²) in [7, 11) is 0. The van der Waals surface area contributed by atoms with Crippen LogP contribution in [-0.2, 0) is 30.9 Å². The molecular weight excluding hydrogens is 553 g/mol. The highest BCUT2D eigenvalue weighted by atomic mass is 35.5. The molecule has 1 atom stereocenters. The Morgan fingerprint density at radius 2 is 1.85 bits per heavy atom. The van der Waals surface area contributed by atoms with E-state index >= 15 is 0 Å². The third kappa shape index (κ3) is 6.15. The number of aromatic nitrogens is 2. The van der Waals surface area contributed by atoms with Gasteiger partial charge in [0, 0.05) is 18.1 Å². The van der Waals surface area contributed by atoms with Crippen LogP contribution >= 0.6 is 23.2 Å². The summed E-state index contributed by atoms with van der Waals surface area (Å²) in [5.74, 6) is 2.88. The minimum Gasteiger partial charge on any atom is -0.484 e. The van der Waals surface area contributed by atoms with Crippen LogP contribution in [0, 0.1) is 5.92 Å². The molecule has 10 heteroatoms. The Labute approximate surface area is 242 Å². The summed E-state index contributed by atoms with van der Waals surface area (Å²) in [6.45, 7) is 4.45. The van der Waals surface area contributed by atoms with E-state index in [2.05, 4.69) is 9.47 Å². The third-order valence-electron chi connectivity index (χ3n) is 7.80. The average Bonchev–Trinajstić information content (AvgIpc) is 3.50. The highest BCUT2D eigenvalue weighted by Crippen LogP contribution is 2.29. The number of fused-ring (bicyclic) bond motifs is 1. The van der Waals surface area contributed by atoms with Gasteiger partial charge in [0.1, 0.15) is 29.7 Å². The van der Waals surface area contributed by atoms with Crippen LogP contribution in [0.3, 0.4) is 0 Å². The molecule has 0 unspecified atom stereocenters. The van der Waals surface area contributed by atoms with Gasteiger partial charge in [0.15, 0.2) is 0 Å². The molecule has 0 radical (unpaired) electrons. The van der Waals surface area contributed by atoms with E-state index < -0.39 is 5.97 Å². The molecule has 1 N–H and O–H groups in total. The maximum Gasteiger partial charge on any atom is 0.335 e. The Balaban J connectivity index is 1.05. The Kier molecular flexibility index (Phi) is 8.03. The lowest BCUT2D eigenvalue weighted by molar-refractivity contribution is -0.0592. The number of benzene rings is 2. The topological polar surface area (TPSA) is 90.0 Å². The van der Waals surface area contributed by atoms with E-state index in [0.29, 0.717) is 34.9 Å². The van der Waals surface area contributed by atoms with Gasteiger partial charge in [-0.3, -0.25) is 4.90 Å². The molecule has 2 fully saturated rings. The van der Waals surface area contributed by atoms with Crippen LogP contribution in [0.2, 0.25) is 10.0 Å². The minimum atomic E-state index is -0.930. The second-order valence-corrected chi connectivity index (χ2v) is 11.4. The first kappa shape index (κ1) is 27.1. The number of carboxylic acids is 1. The Morgan fingerprint density at radius 1 is 1.05 bits per heavy atom. The first-order chi connectivity index (χ1) is 19.4. The molecule has 2 saturated heterocycles. The molecule has 0 bridgehead atoms. The van der Waals surface area contributed by atoms with Crippen molar-refractivity contribution in [1.29, 1.82) is 0 Å². The summed E-state index contributed by atoms with van der Waals surface area (Å²) in [5, 5.41) is 10.5. The van der Waals surface area contributed by atoms with Crippen LogP contribution in [0.1, 0.15) is 47.0 Å². The quantitative estimate of drug-likeness (QED) is 0.229. The van der Waals surface area contributed by atoms with Gasteiger partial charge in [-0.2, -0.15) is 0 Å². The summed E-state index contributed by atoms with van der Waals surface area (Å²) in [4.78, 5) is 18.9. The van der Waals surface area contributed by atoms with Crippen LogP contribution in [0.4, 0.5) is 0 Å². The number of piperidine rings is 1. The molecule has 0 aliphatic carbocycles. The maximum atomic E-state index is 11.6. The third-order valence-corrected chi connectivity index (χ3v) is 8.33. The monoisotopic (exact) mass is 583 g/mol. The predicted molar refractivity (Wildman–Crippen MR) is 152 cm³/mol. The molecule has 4 aromatic rings. The molecule has 2 aliphatic heterocycles. The Bertz CT molecular complexity index is 1500. The van der Waals surface area contributed by atoms with Gasteiger partial charge in [0.25, 0.3) is 0 Å². The molecule has 2 aromatic carbocycles. The van der Waals surface area contributed by atoms with Crippen molar-refractivity contribution in [3.8, 4) is 5.75 Å². The van der Waals surface area contributed by atoms with Gasteiger partial charge >= 0.3 is 5.97 Å². The second kappa shape index (κ2) is 11.8. The van der Waals surface area contributed by atoms with Gasteiger partial charge in [-0.15, -0.1) is 0 Å². The lowest BCUT2D eigenvalue weighted by atomic mass is 9.92. The number of furan rings is 1. The van der Waals surface area contributed by atoms with Crippen molar-refractivity contribution in [2.24, 2.45) is 5.92 Å². The van der Waals surface area contributed by atoms with E-state index in [4.69, 9.17) is 42.1 Å². The van der Waals surface area contributed by atoms with Crippen molar-refractivity contribution in [2.45, 2.75) is 51.5 Å². The summed E-state index contributed by atoms with van der Waals surface area (Å²) >= 11 is 12.1. The van der Waals surface area contributed by atoms with E-state index in [0.717, 1.165) is 80.3 Å². The van der Waals surface area contributed by atoms with E-state index in [1.165, 1.54) is 0 Å². The van der Waals surface area contributed by atoms with Crippen LogP contribution in [0.25, 0.3) is 11.0 Å². The molecule has 6 rings (SSSR count). The van der Waals surface area contributed by atoms with Gasteiger partial charge < -0.3 is 23.6 Å². The Morgan fingerprint density at radius 3 is 2.58 bits per heavy atom. The van der Waals surface area contributed by atoms with Gasteiger partial charge in [-0.05, 0) is 86.8 Å². The number of nitrogens with zero attached hydrogens (tertiary/aromatic N) is 3. The molecule has 2 aliphatic rings. The van der Waals surface area contributed by atoms with Crippen molar-refractivity contribution in [3.63, 3.8) is 0 Å². The van der Waals surface area contributed by atoms with Crippen molar-refractivity contribution in [1.82, 2.24) is 14.5 Å². The summed E-state index contributed by atoms with van der Waals surface area (Å²) in [5.41, 5.74) is 1.96. The van der Waals surface area contributed by atoms with Gasteiger partial charge in [-0.1, -0.05) is 23.2 Å². The summed E-state index contributed by atoms with van der Waals surface area (Å²) < 4.78 is 19.7. The zero-order valence-corrected chi connectivity index (χ0v) is 23.5. The fourth-order valence-electron chi connectivity index (χ4n) is 5.45. The minimum absolute atomic E-state index is 0.155. The first-order valence-electron chi connectivity index (χ1n) is 13.6. The molecular formula is C30H31Cl2N3O5. The molecule has 40 heavy (non-hydrogen) atoms. The number of hydrogen-bond donors (Lipinski definition) is 1. The van der Waals surface area contributed by atoms with Crippen molar-refractivity contribution < 1.29 is 23.8 Å². The Hall–Kier alpha value is -3.04. The maximum absolute atomic E-state index is 11.6. The number of carboxylic acid groups (broad SMARTS) is 1. The predicted octanol–water partition coefficient (Wildman–Crippen LogP) is 6.46. The number of aromatic carboxylic acids is 1. The van der Waals surface area contributed by atoms with Crippen molar-refractivity contribution in [2.75, 3.05) is 19.7 Å². The number of ether oxygens (including phenoxy) is 2. The van der Waals surface area contributed by atoms with Crippen molar-refractivity contribution in [3.05, 3.63) is 81.5 Å². The molecule has 210 valence electrons. The molecule has 2 aromatic heterocycles. The largest absolute Gasteiger partial charge is 0.484 e. The molecule has 8 nitrogen and oxygen atoms in total. The molecule has 0 amide bonds. The normalized spacial score (nSPS) is 18.2. The smallest absolute Gasteiger partial charge is 0.335 e. The number of imidazole rings is 1. The van der Waals surface area contributed by atoms with Crippen LogP contribution < -0.4 is 4.74 Å². The molecule has 4 heterocycles. The van der Waals surface area contributed by atoms with Crippen LogP contribution in [0.15, 0.2) is 52.9 Å². The van der Waals surface area contributed by atoms with Gasteiger partial charge in [0.2, 0.25) is 0 Å². The zero-order valence-electron chi connectivity index (χ0n) is 22.0. The standard InChI is InChI=1S/C30H31Cl2N3O5/c31-21-2-6-28(25(32)15-21)39-18-24-4-3-22(40-24)13-19-7-10-34(11-8-19)17-29-33-26-5-1-20(30(36)37)14-27(26)35(29)16-23-9-12-38-23/h1-6,14-15,19,23H,7-13,16-18H2,(H,36,37)/t23-/m0/s1. The lowest BCUT2D eigenvalue weighted by Crippen LogP contribution is -2.36. The summed E-state index contributed by atoms with van der Waals surface area (Å²) in [6, 6.07) is 14.3. The zero-order chi connectivity index (χ0) is 27.6. The van der Waals surface area contributed by atoms with E-state index in [1.54, 1.807) is 36.4 Å². The highest BCUT2D eigenvalue weighted by Gasteiger charge is 2.25. The number of hydrogen-bond acceptors (Lipinski definition) is 6. The van der Waals surface area contributed by atoms with E-state index in [-0.39, 0.29) is 11.7 Å².